The molecule has 2 rings (SSSR count). The Kier molecular flexibility index (Phi) is 4.71. The van der Waals surface area contributed by atoms with Crippen LogP contribution in [0.2, 0.25) is 0 Å². The molecule has 1 unspecified atom stereocenters. The zero-order chi connectivity index (χ0) is 12.1. The molecule has 3 nitrogen and oxygen atoms in total. The van der Waals surface area contributed by atoms with Gasteiger partial charge in [0, 0.05) is 0 Å². The summed E-state index contributed by atoms with van der Waals surface area (Å²) in [6.07, 6.45) is 2.55. The highest BCUT2D eigenvalue weighted by Gasteiger charge is 2.15. The first-order valence-corrected chi connectivity index (χ1v) is 7.16. The lowest BCUT2D eigenvalue weighted by molar-refractivity contribution is 0.192. The van der Waals surface area contributed by atoms with E-state index in [2.05, 4.69) is 0 Å². The third kappa shape index (κ3) is 3.63. The smallest absolute Gasteiger partial charge is 0.120 e. The van der Waals surface area contributed by atoms with E-state index in [0.717, 1.165) is 24.2 Å². The van der Waals surface area contributed by atoms with Crippen LogP contribution < -0.4 is 10.5 Å². The number of hydrogen-bond acceptors (Lipinski definition) is 4. The van der Waals surface area contributed by atoms with Gasteiger partial charge in [0.1, 0.15) is 11.9 Å². The maximum atomic E-state index is 9.03. The standard InChI is InChI=1S/C13H19NO2S/c14-13(9-15)10-2-1-3-12(8-10)16-11-4-6-17-7-5-11/h1-3,8,11,13,15H,4-7,9,14H2. The third-order valence-corrected chi connectivity index (χ3v) is 4.00. The molecule has 0 saturated carbocycles. The lowest BCUT2D eigenvalue weighted by Crippen LogP contribution is -2.22. The first-order valence-electron chi connectivity index (χ1n) is 6.00. The summed E-state index contributed by atoms with van der Waals surface area (Å²) in [6.45, 7) is -0.0382. The number of aliphatic hydroxyl groups is 1. The first kappa shape index (κ1) is 12.7. The Morgan fingerprint density at radius 2 is 2.18 bits per heavy atom. The second-order valence-electron chi connectivity index (χ2n) is 4.29. The molecule has 1 heterocycles. The molecule has 1 atom stereocenters. The van der Waals surface area contributed by atoms with E-state index >= 15 is 0 Å². The molecule has 17 heavy (non-hydrogen) atoms. The SMILES string of the molecule is NC(CO)c1cccc(OC2CCSCC2)c1. The topological polar surface area (TPSA) is 55.5 Å². The molecule has 94 valence electrons. The van der Waals surface area contributed by atoms with Gasteiger partial charge in [0.2, 0.25) is 0 Å². The number of hydrogen-bond donors (Lipinski definition) is 2. The molecule has 3 N–H and O–H groups in total. The fourth-order valence-corrected chi connectivity index (χ4v) is 2.97. The van der Waals surface area contributed by atoms with E-state index in [1.165, 1.54) is 11.5 Å². The van der Waals surface area contributed by atoms with Gasteiger partial charge in [-0.1, -0.05) is 12.1 Å². The number of rotatable bonds is 4. The van der Waals surface area contributed by atoms with Crippen molar-refractivity contribution in [3.05, 3.63) is 29.8 Å². The summed E-state index contributed by atoms with van der Waals surface area (Å²) < 4.78 is 5.94. The fraction of sp³-hybridized carbons (Fsp3) is 0.538. The number of thioether (sulfide) groups is 1. The van der Waals surface area contributed by atoms with Crippen LogP contribution in [0, 0.1) is 0 Å². The van der Waals surface area contributed by atoms with Crippen LogP contribution in [0.5, 0.6) is 5.75 Å². The van der Waals surface area contributed by atoms with Gasteiger partial charge in [-0.05, 0) is 42.0 Å². The number of benzene rings is 1. The monoisotopic (exact) mass is 253 g/mol. The summed E-state index contributed by atoms with van der Waals surface area (Å²) in [7, 11) is 0. The molecule has 0 amide bonds. The number of ether oxygens (including phenoxy) is 1. The van der Waals surface area contributed by atoms with Gasteiger partial charge in [-0.15, -0.1) is 0 Å². The molecule has 0 aromatic heterocycles. The van der Waals surface area contributed by atoms with Crippen LogP contribution in [-0.2, 0) is 0 Å². The van der Waals surface area contributed by atoms with Crippen LogP contribution in [0.4, 0.5) is 0 Å². The van der Waals surface area contributed by atoms with Gasteiger partial charge in [-0.25, -0.2) is 0 Å². The molecule has 1 aliphatic heterocycles. The third-order valence-electron chi connectivity index (χ3n) is 2.95. The molecular formula is C13H19NO2S. The summed E-state index contributed by atoms with van der Waals surface area (Å²) in [6, 6.07) is 7.42. The van der Waals surface area contributed by atoms with Crippen LogP contribution in [0.3, 0.4) is 0 Å². The van der Waals surface area contributed by atoms with Gasteiger partial charge in [-0.3, -0.25) is 0 Å². The molecule has 0 spiro atoms. The molecule has 1 aromatic carbocycles. The Morgan fingerprint density at radius 3 is 2.88 bits per heavy atom. The summed E-state index contributed by atoms with van der Waals surface area (Å²) in [4.78, 5) is 0. The summed E-state index contributed by atoms with van der Waals surface area (Å²) in [5.41, 5.74) is 6.71. The lowest BCUT2D eigenvalue weighted by Gasteiger charge is -2.23. The summed E-state index contributed by atoms with van der Waals surface area (Å²) in [5.74, 6) is 3.23. The molecule has 1 aliphatic rings. The molecule has 4 heteroatoms. The Balaban J connectivity index is 2.00. The number of aliphatic hydroxyl groups excluding tert-OH is 1. The second-order valence-corrected chi connectivity index (χ2v) is 5.52. The summed E-state index contributed by atoms with van der Waals surface area (Å²) in [5, 5.41) is 9.03. The van der Waals surface area contributed by atoms with E-state index in [1.54, 1.807) is 0 Å². The Hall–Kier alpha value is -0.710. The quantitative estimate of drug-likeness (QED) is 0.861. The lowest BCUT2D eigenvalue weighted by atomic mass is 10.1. The van der Waals surface area contributed by atoms with Gasteiger partial charge < -0.3 is 15.6 Å². The normalized spacial score (nSPS) is 18.9. The van der Waals surface area contributed by atoms with Crippen LogP contribution in [-0.4, -0.2) is 29.3 Å². The minimum absolute atomic E-state index is 0.0382. The van der Waals surface area contributed by atoms with Crippen molar-refractivity contribution in [2.24, 2.45) is 5.73 Å². The minimum Gasteiger partial charge on any atom is -0.490 e. The predicted octanol–water partition coefficient (Wildman–Crippen LogP) is 1.95. The molecule has 0 bridgehead atoms. The van der Waals surface area contributed by atoms with Gasteiger partial charge in [0.15, 0.2) is 0 Å². The maximum Gasteiger partial charge on any atom is 0.120 e. The average molecular weight is 253 g/mol. The van der Waals surface area contributed by atoms with E-state index in [9.17, 15) is 0 Å². The molecule has 1 fully saturated rings. The van der Waals surface area contributed by atoms with Gasteiger partial charge in [-0.2, -0.15) is 11.8 Å². The predicted molar refractivity (Wildman–Crippen MR) is 71.4 cm³/mol. The van der Waals surface area contributed by atoms with Crippen molar-refractivity contribution in [2.45, 2.75) is 25.0 Å². The number of nitrogens with two attached hydrogens (primary N) is 1. The van der Waals surface area contributed by atoms with Gasteiger partial charge in [0.05, 0.1) is 12.6 Å². The summed E-state index contributed by atoms with van der Waals surface area (Å²) >= 11 is 1.99. The van der Waals surface area contributed by atoms with Crippen LogP contribution in [0.1, 0.15) is 24.4 Å². The maximum absolute atomic E-state index is 9.03. The second kappa shape index (κ2) is 6.28. The highest BCUT2D eigenvalue weighted by atomic mass is 32.2. The highest BCUT2D eigenvalue weighted by molar-refractivity contribution is 7.99. The molecular weight excluding hydrogens is 234 g/mol. The van der Waals surface area contributed by atoms with Crippen LogP contribution in [0.25, 0.3) is 0 Å². The van der Waals surface area contributed by atoms with Crippen molar-refractivity contribution in [1.29, 1.82) is 0 Å². The van der Waals surface area contributed by atoms with Crippen molar-refractivity contribution in [3.8, 4) is 5.75 Å². The molecule has 1 aromatic rings. The minimum atomic E-state index is -0.319. The van der Waals surface area contributed by atoms with E-state index in [4.69, 9.17) is 15.6 Å². The Bertz CT molecular complexity index is 353. The zero-order valence-electron chi connectivity index (χ0n) is 9.84. The van der Waals surface area contributed by atoms with Crippen molar-refractivity contribution in [3.63, 3.8) is 0 Å². The molecule has 0 aliphatic carbocycles. The van der Waals surface area contributed by atoms with Crippen LogP contribution >= 0.6 is 11.8 Å². The molecule has 1 saturated heterocycles. The highest BCUT2D eigenvalue weighted by Crippen LogP contribution is 2.24. The van der Waals surface area contributed by atoms with E-state index < -0.39 is 0 Å². The van der Waals surface area contributed by atoms with Gasteiger partial charge >= 0.3 is 0 Å². The molecule has 0 radical (unpaired) electrons. The van der Waals surface area contributed by atoms with Crippen molar-refractivity contribution in [1.82, 2.24) is 0 Å². The van der Waals surface area contributed by atoms with Crippen molar-refractivity contribution < 1.29 is 9.84 Å². The first-order chi connectivity index (χ1) is 8.29. The van der Waals surface area contributed by atoms with E-state index in [1.807, 2.05) is 36.0 Å². The van der Waals surface area contributed by atoms with Crippen molar-refractivity contribution in [2.75, 3.05) is 18.1 Å². The fourth-order valence-electron chi connectivity index (χ4n) is 1.91. The van der Waals surface area contributed by atoms with Crippen LogP contribution in [0.15, 0.2) is 24.3 Å². The Labute approximate surface area is 106 Å². The van der Waals surface area contributed by atoms with E-state index in [0.29, 0.717) is 6.10 Å². The van der Waals surface area contributed by atoms with Gasteiger partial charge in [0.25, 0.3) is 0 Å². The van der Waals surface area contributed by atoms with Crippen molar-refractivity contribution >= 4 is 11.8 Å². The van der Waals surface area contributed by atoms with E-state index in [-0.39, 0.29) is 12.6 Å². The Morgan fingerprint density at radius 1 is 1.41 bits per heavy atom. The average Bonchev–Trinajstić information content (AvgIpc) is 2.39. The largest absolute Gasteiger partial charge is 0.490 e. The zero-order valence-corrected chi connectivity index (χ0v) is 10.7.